The molecule has 176 valence electrons. The first-order valence-corrected chi connectivity index (χ1v) is 12.1. The number of fused-ring (bicyclic) bond motifs is 1. The third-order valence-corrected chi connectivity index (χ3v) is 6.80. The van der Waals surface area contributed by atoms with Crippen LogP contribution in [0.5, 0.6) is 0 Å². The van der Waals surface area contributed by atoms with Gasteiger partial charge in [-0.25, -0.2) is 9.97 Å². The van der Waals surface area contributed by atoms with E-state index in [-0.39, 0.29) is 0 Å². The van der Waals surface area contributed by atoms with E-state index >= 15 is 0 Å². The normalized spacial score (nSPS) is 15.4. The zero-order valence-corrected chi connectivity index (χ0v) is 20.9. The van der Waals surface area contributed by atoms with Crippen LogP contribution in [-0.2, 0) is 0 Å². The van der Waals surface area contributed by atoms with Crippen molar-refractivity contribution in [2.45, 2.75) is 33.1 Å². The molecule has 0 bridgehead atoms. The molecule has 0 aromatic carbocycles. The highest BCUT2D eigenvalue weighted by Gasteiger charge is 2.24. The SMILES string of the molecule is BN(BC)c1nc(-c2cnccc2C)cc2cc(Nc3cnn(C4CCN(C(=C)C)C4)c3)ncc12. The number of rotatable bonds is 7. The molecule has 1 unspecified atom stereocenters. The van der Waals surface area contributed by atoms with Crippen molar-refractivity contribution in [3.8, 4) is 11.3 Å². The number of hydrogen-bond donors (Lipinski definition) is 1. The Balaban J connectivity index is 1.46. The van der Waals surface area contributed by atoms with Crippen molar-refractivity contribution in [3.05, 3.63) is 67.0 Å². The average molecular weight is 464 g/mol. The van der Waals surface area contributed by atoms with E-state index in [9.17, 15) is 0 Å². The van der Waals surface area contributed by atoms with Gasteiger partial charge in [0.25, 0.3) is 0 Å². The van der Waals surface area contributed by atoms with Crippen LogP contribution < -0.4 is 10.0 Å². The summed E-state index contributed by atoms with van der Waals surface area (Å²) in [5.74, 6) is 1.69. The molecule has 0 saturated carbocycles. The summed E-state index contributed by atoms with van der Waals surface area (Å²) in [6.45, 7) is 12.3. The van der Waals surface area contributed by atoms with Gasteiger partial charge in [0.1, 0.15) is 11.6 Å². The molecule has 0 spiro atoms. The second kappa shape index (κ2) is 9.44. The van der Waals surface area contributed by atoms with Gasteiger partial charge in [-0.2, -0.15) is 5.10 Å². The van der Waals surface area contributed by atoms with E-state index in [1.54, 1.807) is 0 Å². The average Bonchev–Trinajstić information content (AvgIpc) is 3.53. The molecular weight excluding hydrogens is 434 g/mol. The largest absolute Gasteiger partial charge is 0.453 e. The standard InChI is InChI=1S/C25H30B2N8/c1-16(2)33-8-6-20(15-33)34-14-19(11-30-34)31-24-10-18-9-23(21-12-28-7-5-17(21)3)32-25(35(26)27-4)22(18)13-29-24/h5,7,9-14,20,27H,1,6,8,15,26H2,2-4H3,(H,29,31). The first-order valence-electron chi connectivity index (χ1n) is 12.1. The van der Waals surface area contributed by atoms with Gasteiger partial charge in [0.15, 0.2) is 0 Å². The molecule has 1 aliphatic rings. The predicted molar refractivity (Wildman–Crippen MR) is 147 cm³/mol. The van der Waals surface area contributed by atoms with Crippen LogP contribution in [-0.4, -0.2) is 58.1 Å². The van der Waals surface area contributed by atoms with E-state index in [1.807, 2.05) is 35.5 Å². The van der Waals surface area contributed by atoms with E-state index in [0.29, 0.717) is 6.04 Å². The van der Waals surface area contributed by atoms with Crippen LogP contribution in [0.3, 0.4) is 0 Å². The lowest BCUT2D eigenvalue weighted by atomic mass is 9.90. The number of nitrogens with zero attached hydrogens (tertiary/aromatic N) is 7. The van der Waals surface area contributed by atoms with Gasteiger partial charge in [-0.3, -0.25) is 9.67 Å². The smallest absolute Gasteiger partial charge is 0.219 e. The van der Waals surface area contributed by atoms with Crippen LogP contribution in [0.1, 0.15) is 24.9 Å². The highest BCUT2D eigenvalue weighted by molar-refractivity contribution is 6.54. The summed E-state index contributed by atoms with van der Waals surface area (Å²) in [4.78, 5) is 16.3. The Hall–Kier alpha value is -3.81. The summed E-state index contributed by atoms with van der Waals surface area (Å²) >= 11 is 0. The van der Waals surface area contributed by atoms with Gasteiger partial charge in [0.2, 0.25) is 15.4 Å². The first-order chi connectivity index (χ1) is 16.9. The second-order valence-electron chi connectivity index (χ2n) is 9.28. The number of nitrogens with one attached hydrogen (secondary N) is 1. The van der Waals surface area contributed by atoms with Crippen molar-refractivity contribution in [1.82, 2.24) is 29.6 Å². The van der Waals surface area contributed by atoms with Crippen LogP contribution in [0, 0.1) is 6.92 Å². The predicted octanol–water partition coefficient (Wildman–Crippen LogP) is 3.47. The lowest BCUT2D eigenvalue weighted by molar-refractivity contribution is 0.391. The molecule has 1 aliphatic heterocycles. The summed E-state index contributed by atoms with van der Waals surface area (Å²) in [5.41, 5.74) is 5.13. The van der Waals surface area contributed by atoms with Crippen LogP contribution in [0.4, 0.5) is 17.3 Å². The van der Waals surface area contributed by atoms with Crippen LogP contribution >= 0.6 is 0 Å². The topological polar surface area (TPSA) is 75.0 Å². The molecule has 1 fully saturated rings. The Bertz CT molecular complexity index is 1390. The molecule has 1 saturated heterocycles. The molecule has 8 nitrogen and oxygen atoms in total. The van der Waals surface area contributed by atoms with Gasteiger partial charge in [0.05, 0.1) is 23.6 Å². The minimum Gasteiger partial charge on any atom is -0.453 e. The van der Waals surface area contributed by atoms with E-state index in [4.69, 9.17) is 9.97 Å². The number of aryl methyl sites for hydroxylation is 1. The van der Waals surface area contributed by atoms with Gasteiger partial charge in [0, 0.05) is 54.5 Å². The van der Waals surface area contributed by atoms with Gasteiger partial charge >= 0.3 is 0 Å². The number of pyridine rings is 3. The molecule has 35 heavy (non-hydrogen) atoms. The zero-order valence-electron chi connectivity index (χ0n) is 20.9. The number of anilines is 3. The molecule has 1 N–H and O–H groups in total. The molecule has 0 aliphatic carbocycles. The van der Waals surface area contributed by atoms with Crippen molar-refractivity contribution < 1.29 is 0 Å². The summed E-state index contributed by atoms with van der Waals surface area (Å²) in [5, 5.41) is 10.1. The fraction of sp³-hybridized carbons (Fsp3) is 0.280. The number of allylic oxidation sites excluding steroid dienone is 1. The third kappa shape index (κ3) is 4.60. The highest BCUT2D eigenvalue weighted by Crippen LogP contribution is 2.32. The minimum absolute atomic E-state index is 0.357. The summed E-state index contributed by atoms with van der Waals surface area (Å²) in [6.07, 6.45) is 10.6. The summed E-state index contributed by atoms with van der Waals surface area (Å²) < 4.78 is 4.19. The molecule has 1 atom stereocenters. The number of likely N-dealkylation sites (tertiary alicyclic amines) is 1. The zero-order chi connectivity index (χ0) is 24.5. The molecular formula is C25H30B2N8. The minimum atomic E-state index is 0.357. The molecule has 5 rings (SSSR count). The van der Waals surface area contributed by atoms with Crippen molar-refractivity contribution in [2.24, 2.45) is 0 Å². The molecule has 4 aromatic rings. The molecule has 10 heteroatoms. The molecule has 5 heterocycles. The maximum absolute atomic E-state index is 4.98. The highest BCUT2D eigenvalue weighted by atomic mass is 15.3. The van der Waals surface area contributed by atoms with Gasteiger partial charge in [-0.15, -0.1) is 0 Å². The third-order valence-electron chi connectivity index (χ3n) is 6.80. The van der Waals surface area contributed by atoms with E-state index in [0.717, 1.165) is 77.5 Å². The molecule has 0 radical (unpaired) electrons. The Labute approximate surface area is 207 Å². The number of aromatic nitrogens is 5. The number of hydrogen-bond acceptors (Lipinski definition) is 7. The monoisotopic (exact) mass is 464 g/mol. The van der Waals surface area contributed by atoms with Crippen molar-refractivity contribution >= 4 is 43.5 Å². The van der Waals surface area contributed by atoms with E-state index in [1.165, 1.54) is 0 Å². The second-order valence-corrected chi connectivity index (χ2v) is 9.28. The van der Waals surface area contributed by atoms with Crippen LogP contribution in [0.25, 0.3) is 22.0 Å². The fourth-order valence-corrected chi connectivity index (χ4v) is 4.56. The first kappa shape index (κ1) is 23.0. The van der Waals surface area contributed by atoms with Crippen molar-refractivity contribution in [3.63, 3.8) is 0 Å². The molecule has 0 amide bonds. The van der Waals surface area contributed by atoms with Crippen molar-refractivity contribution in [1.29, 1.82) is 0 Å². The van der Waals surface area contributed by atoms with E-state index < -0.39 is 0 Å². The van der Waals surface area contributed by atoms with Crippen molar-refractivity contribution in [2.75, 3.05) is 23.1 Å². The van der Waals surface area contributed by atoms with Gasteiger partial charge < -0.3 is 14.9 Å². The quantitative estimate of drug-likeness (QED) is 0.420. The maximum atomic E-state index is 4.98. The summed E-state index contributed by atoms with van der Waals surface area (Å²) in [7, 11) is 2.90. The van der Waals surface area contributed by atoms with Gasteiger partial charge in [-0.05, 0) is 49.4 Å². The Morgan fingerprint density at radius 2 is 2.14 bits per heavy atom. The molecule has 4 aromatic heterocycles. The lowest BCUT2D eigenvalue weighted by Gasteiger charge is -2.20. The van der Waals surface area contributed by atoms with E-state index in [2.05, 4.69) is 78.6 Å². The van der Waals surface area contributed by atoms with Crippen LogP contribution in [0.2, 0.25) is 6.82 Å². The van der Waals surface area contributed by atoms with Crippen LogP contribution in [0.15, 0.2) is 61.5 Å². The maximum Gasteiger partial charge on any atom is 0.219 e. The Morgan fingerprint density at radius 3 is 2.89 bits per heavy atom. The lowest BCUT2D eigenvalue weighted by Crippen LogP contribution is -2.23. The fourth-order valence-electron chi connectivity index (χ4n) is 4.56. The summed E-state index contributed by atoms with van der Waals surface area (Å²) in [6, 6.07) is 6.57. The Kier molecular flexibility index (Phi) is 6.19. The van der Waals surface area contributed by atoms with Gasteiger partial charge in [-0.1, -0.05) is 13.4 Å². The Morgan fingerprint density at radius 1 is 1.29 bits per heavy atom.